The third-order valence-corrected chi connectivity index (χ3v) is 4.46. The summed E-state index contributed by atoms with van der Waals surface area (Å²) in [7, 11) is 3.79. The largest absolute Gasteiger partial charge is 0.370 e. The zero-order valence-corrected chi connectivity index (χ0v) is 13.5. The quantitative estimate of drug-likeness (QED) is 0.618. The number of anilines is 2. The number of ether oxygens (including phenoxy) is 1. The molecule has 2 heterocycles. The van der Waals surface area contributed by atoms with Crippen molar-refractivity contribution in [2.45, 2.75) is 0 Å². The second kappa shape index (κ2) is 6.41. The van der Waals surface area contributed by atoms with E-state index in [9.17, 15) is 10.1 Å². The fourth-order valence-corrected chi connectivity index (χ4v) is 3.21. The zero-order chi connectivity index (χ0) is 16.4. The molecule has 0 aliphatic carbocycles. The first-order valence-corrected chi connectivity index (χ1v) is 7.79. The van der Waals surface area contributed by atoms with E-state index in [0.717, 1.165) is 24.5 Å². The summed E-state index contributed by atoms with van der Waals surface area (Å²) in [4.78, 5) is 17.7. The maximum Gasteiger partial charge on any atom is 0.231 e. The number of benzene rings is 1. The number of rotatable bonds is 3. The zero-order valence-electron chi connectivity index (χ0n) is 13.5. The average Bonchev–Trinajstić information content (AvgIpc) is 2.82. The van der Waals surface area contributed by atoms with Crippen molar-refractivity contribution in [3.8, 4) is 6.07 Å². The van der Waals surface area contributed by atoms with E-state index in [1.165, 1.54) is 4.90 Å². The number of carbonyl (C=O) groups is 1. The number of para-hydroxylation sites is 2. The number of carbonyl (C=O) groups excluding carboxylic acids is 1. The van der Waals surface area contributed by atoms with Gasteiger partial charge in [-0.15, -0.1) is 0 Å². The Balaban J connectivity index is 1.89. The molecule has 0 atom stereocenters. The highest BCUT2D eigenvalue weighted by Gasteiger charge is 2.32. The van der Waals surface area contributed by atoms with E-state index in [-0.39, 0.29) is 11.4 Å². The van der Waals surface area contributed by atoms with Crippen LogP contribution in [0.1, 0.15) is 0 Å². The van der Waals surface area contributed by atoms with Crippen molar-refractivity contribution < 1.29 is 14.4 Å². The molecule has 6 heteroatoms. The Morgan fingerprint density at radius 1 is 1.22 bits per heavy atom. The van der Waals surface area contributed by atoms with Gasteiger partial charge >= 0.3 is 0 Å². The molecule has 1 aromatic rings. The first kappa shape index (κ1) is 15.5. The SMILES string of the molecule is CN1C(=C(C#N)C(=O)C[NH+]2CCOCC2)N(C)c2ccccc21. The minimum Gasteiger partial charge on any atom is -0.370 e. The molecule has 6 nitrogen and oxygen atoms in total. The summed E-state index contributed by atoms with van der Waals surface area (Å²) in [6, 6.07) is 10.0. The Hall–Kier alpha value is -2.36. The number of fused-ring (bicyclic) bond motifs is 1. The highest BCUT2D eigenvalue weighted by Crippen LogP contribution is 2.40. The van der Waals surface area contributed by atoms with Crippen LogP contribution in [0.4, 0.5) is 11.4 Å². The highest BCUT2D eigenvalue weighted by molar-refractivity contribution is 6.03. The lowest BCUT2D eigenvalue weighted by atomic mass is 10.1. The highest BCUT2D eigenvalue weighted by atomic mass is 16.5. The number of quaternary nitrogens is 1. The second-order valence-electron chi connectivity index (χ2n) is 5.88. The molecule has 1 saturated heterocycles. The number of Topliss-reactive ketones (excluding diaryl/α,β-unsaturated/α-hetero) is 1. The lowest BCUT2D eigenvalue weighted by molar-refractivity contribution is -0.899. The van der Waals surface area contributed by atoms with Crippen molar-refractivity contribution in [1.82, 2.24) is 0 Å². The van der Waals surface area contributed by atoms with Gasteiger partial charge in [-0.25, -0.2) is 0 Å². The van der Waals surface area contributed by atoms with Crippen molar-refractivity contribution in [1.29, 1.82) is 5.26 Å². The monoisotopic (exact) mass is 313 g/mol. The van der Waals surface area contributed by atoms with Crippen LogP contribution in [-0.4, -0.2) is 52.7 Å². The van der Waals surface area contributed by atoms with Gasteiger partial charge < -0.3 is 19.4 Å². The number of ketones is 1. The fraction of sp³-hybridized carbons (Fsp3) is 0.412. The maximum absolute atomic E-state index is 12.7. The van der Waals surface area contributed by atoms with Gasteiger partial charge in [-0.1, -0.05) is 12.1 Å². The molecule has 1 fully saturated rings. The Morgan fingerprint density at radius 3 is 2.30 bits per heavy atom. The summed E-state index contributed by atoms with van der Waals surface area (Å²) in [6.45, 7) is 3.31. The molecule has 1 aromatic carbocycles. The van der Waals surface area contributed by atoms with Gasteiger partial charge in [0.05, 0.1) is 24.6 Å². The summed E-state index contributed by atoms with van der Waals surface area (Å²) in [5, 5.41) is 9.58. The lowest BCUT2D eigenvalue weighted by Gasteiger charge is -2.24. The van der Waals surface area contributed by atoms with E-state index in [0.29, 0.717) is 25.6 Å². The number of hydrogen-bond acceptors (Lipinski definition) is 5. The van der Waals surface area contributed by atoms with Crippen LogP contribution >= 0.6 is 0 Å². The van der Waals surface area contributed by atoms with Crippen molar-refractivity contribution in [3.05, 3.63) is 35.7 Å². The topological polar surface area (TPSA) is 61.0 Å². The predicted molar refractivity (Wildman–Crippen MR) is 87.3 cm³/mol. The Morgan fingerprint density at radius 2 is 1.78 bits per heavy atom. The molecule has 0 unspecified atom stereocenters. The minimum atomic E-state index is -0.106. The maximum atomic E-state index is 12.7. The van der Waals surface area contributed by atoms with E-state index in [1.54, 1.807) is 0 Å². The Kier molecular flexibility index (Phi) is 4.33. The molecular formula is C17H21N4O2+. The van der Waals surface area contributed by atoms with Crippen molar-refractivity contribution in [2.24, 2.45) is 0 Å². The smallest absolute Gasteiger partial charge is 0.231 e. The van der Waals surface area contributed by atoms with Gasteiger partial charge in [0.25, 0.3) is 0 Å². The number of nitriles is 1. The third kappa shape index (κ3) is 2.81. The molecule has 23 heavy (non-hydrogen) atoms. The van der Waals surface area contributed by atoms with Gasteiger partial charge in [-0.3, -0.25) is 4.79 Å². The summed E-state index contributed by atoms with van der Waals surface area (Å²) < 4.78 is 5.32. The van der Waals surface area contributed by atoms with Crippen LogP contribution in [-0.2, 0) is 9.53 Å². The van der Waals surface area contributed by atoms with E-state index in [1.807, 2.05) is 48.2 Å². The molecule has 1 N–H and O–H groups in total. The summed E-state index contributed by atoms with van der Waals surface area (Å²) in [5.74, 6) is 0.553. The molecule has 0 bridgehead atoms. The van der Waals surface area contributed by atoms with Crippen LogP contribution in [0, 0.1) is 11.3 Å². The molecule has 0 aromatic heterocycles. The number of nitrogens with one attached hydrogen (secondary N) is 1. The van der Waals surface area contributed by atoms with Crippen LogP contribution < -0.4 is 14.7 Å². The fourth-order valence-electron chi connectivity index (χ4n) is 3.21. The van der Waals surface area contributed by atoms with Crippen LogP contribution in [0.5, 0.6) is 0 Å². The first-order valence-electron chi connectivity index (χ1n) is 7.79. The van der Waals surface area contributed by atoms with Crippen molar-refractivity contribution in [3.63, 3.8) is 0 Å². The van der Waals surface area contributed by atoms with Crippen molar-refractivity contribution >= 4 is 17.2 Å². The third-order valence-electron chi connectivity index (χ3n) is 4.46. The first-order chi connectivity index (χ1) is 11.1. The molecule has 2 aliphatic rings. The van der Waals surface area contributed by atoms with Crippen LogP contribution in [0.15, 0.2) is 35.7 Å². The van der Waals surface area contributed by atoms with Crippen molar-refractivity contribution in [2.75, 3.05) is 56.7 Å². The molecule has 0 radical (unpaired) electrons. The van der Waals surface area contributed by atoms with E-state index in [2.05, 4.69) is 6.07 Å². The molecule has 0 spiro atoms. The molecule has 2 aliphatic heterocycles. The molecular weight excluding hydrogens is 292 g/mol. The number of hydrogen-bond donors (Lipinski definition) is 1. The minimum absolute atomic E-state index is 0.106. The van der Waals surface area contributed by atoms with Crippen LogP contribution in [0.25, 0.3) is 0 Å². The number of nitrogens with zero attached hydrogens (tertiary/aromatic N) is 3. The molecule has 3 rings (SSSR count). The Bertz CT molecular complexity index is 655. The van der Waals surface area contributed by atoms with Gasteiger partial charge in [-0.2, -0.15) is 5.26 Å². The normalized spacial score (nSPS) is 17.9. The Labute approximate surface area is 136 Å². The molecule has 0 saturated carbocycles. The lowest BCUT2D eigenvalue weighted by Crippen LogP contribution is -3.14. The van der Waals surface area contributed by atoms with Gasteiger partial charge in [0.2, 0.25) is 5.78 Å². The van der Waals surface area contributed by atoms with Gasteiger partial charge in [0, 0.05) is 14.1 Å². The van der Waals surface area contributed by atoms with Crippen LogP contribution in [0.3, 0.4) is 0 Å². The van der Waals surface area contributed by atoms with E-state index < -0.39 is 0 Å². The second-order valence-corrected chi connectivity index (χ2v) is 5.88. The predicted octanol–water partition coefficient (Wildman–Crippen LogP) is -0.208. The molecule has 0 amide bonds. The summed E-state index contributed by atoms with van der Waals surface area (Å²) in [5.41, 5.74) is 2.23. The molecule has 120 valence electrons. The summed E-state index contributed by atoms with van der Waals surface area (Å²) >= 11 is 0. The van der Waals surface area contributed by atoms with Crippen LogP contribution in [0.2, 0.25) is 0 Å². The standard InChI is InChI=1S/C17H20N4O2/c1-19-14-5-3-4-6-15(14)20(2)17(19)13(11-18)16(22)12-21-7-9-23-10-8-21/h3-6H,7-10,12H2,1-2H3/p+1. The summed E-state index contributed by atoms with van der Waals surface area (Å²) in [6.07, 6.45) is 0. The van der Waals surface area contributed by atoms with E-state index >= 15 is 0 Å². The average molecular weight is 313 g/mol. The van der Waals surface area contributed by atoms with Gasteiger partial charge in [-0.05, 0) is 12.1 Å². The van der Waals surface area contributed by atoms with E-state index in [4.69, 9.17) is 4.74 Å². The van der Waals surface area contributed by atoms with Gasteiger partial charge in [0.15, 0.2) is 0 Å². The number of morpholine rings is 1. The van der Waals surface area contributed by atoms with Gasteiger partial charge in [0.1, 0.15) is 37.1 Å².